The molecule has 5 heteroatoms. The highest BCUT2D eigenvalue weighted by Gasteiger charge is 2.18. The maximum Gasteiger partial charge on any atom is 0.357 e. The highest BCUT2D eigenvalue weighted by molar-refractivity contribution is 14.1. The smallest absolute Gasteiger partial charge is 0.357 e. The molecule has 0 N–H and O–H groups in total. The fourth-order valence-electron chi connectivity index (χ4n) is 0.982. The van der Waals surface area contributed by atoms with Crippen LogP contribution in [0.15, 0.2) is 6.58 Å². The molecular weight excluding hydrogens is 283 g/mol. The zero-order chi connectivity index (χ0) is 10.0. The van der Waals surface area contributed by atoms with Crippen molar-refractivity contribution in [1.82, 2.24) is 9.55 Å². The van der Waals surface area contributed by atoms with Gasteiger partial charge < -0.3 is 9.30 Å². The van der Waals surface area contributed by atoms with Gasteiger partial charge in [0, 0.05) is 7.05 Å². The van der Waals surface area contributed by atoms with Crippen molar-refractivity contribution >= 4 is 34.6 Å². The quantitative estimate of drug-likeness (QED) is 0.612. The van der Waals surface area contributed by atoms with Gasteiger partial charge in [0.15, 0.2) is 5.69 Å². The summed E-state index contributed by atoms with van der Waals surface area (Å²) in [7, 11) is 3.09. The van der Waals surface area contributed by atoms with Gasteiger partial charge in [-0.2, -0.15) is 0 Å². The van der Waals surface area contributed by atoms with E-state index in [2.05, 4.69) is 16.3 Å². The van der Waals surface area contributed by atoms with Gasteiger partial charge in [0.25, 0.3) is 0 Å². The molecule has 13 heavy (non-hydrogen) atoms. The van der Waals surface area contributed by atoms with Crippen molar-refractivity contribution in [3.63, 3.8) is 0 Å². The monoisotopic (exact) mass is 292 g/mol. The van der Waals surface area contributed by atoms with Gasteiger partial charge in [-0.15, -0.1) is 0 Å². The Hall–Kier alpha value is -0.850. The molecule has 70 valence electrons. The minimum Gasteiger partial charge on any atom is -0.464 e. The molecule has 0 aliphatic carbocycles. The second-order valence-electron chi connectivity index (χ2n) is 2.36. The lowest BCUT2D eigenvalue weighted by Crippen LogP contribution is -2.09. The third-order valence-electron chi connectivity index (χ3n) is 1.65. The summed E-state index contributed by atoms with van der Waals surface area (Å²) >= 11 is 1.99. The van der Waals surface area contributed by atoms with Crippen molar-refractivity contribution in [3.05, 3.63) is 21.8 Å². The molecule has 0 radical (unpaired) electrons. The number of nitrogens with zero attached hydrogens (tertiary/aromatic N) is 2. The molecule has 4 nitrogen and oxygen atoms in total. The van der Waals surface area contributed by atoms with Crippen molar-refractivity contribution in [2.45, 2.75) is 0 Å². The van der Waals surface area contributed by atoms with E-state index in [1.54, 1.807) is 17.7 Å². The van der Waals surface area contributed by atoms with Gasteiger partial charge in [-0.1, -0.05) is 6.58 Å². The predicted molar refractivity (Wildman–Crippen MR) is 57.4 cm³/mol. The van der Waals surface area contributed by atoms with Crippen LogP contribution in [0.3, 0.4) is 0 Å². The molecule has 0 fully saturated rings. The minimum absolute atomic E-state index is 0.382. The van der Waals surface area contributed by atoms with Crippen molar-refractivity contribution in [3.8, 4) is 0 Å². The highest BCUT2D eigenvalue weighted by Crippen LogP contribution is 2.14. The Morgan fingerprint density at radius 2 is 2.38 bits per heavy atom. The van der Waals surface area contributed by atoms with Crippen molar-refractivity contribution in [1.29, 1.82) is 0 Å². The zero-order valence-corrected chi connectivity index (χ0v) is 9.53. The van der Waals surface area contributed by atoms with E-state index < -0.39 is 0 Å². The Kier molecular flexibility index (Phi) is 3.07. The summed E-state index contributed by atoms with van der Waals surface area (Å²) < 4.78 is 6.90. The van der Waals surface area contributed by atoms with Gasteiger partial charge >= 0.3 is 5.97 Å². The minimum atomic E-state index is -0.382. The molecule has 1 aromatic heterocycles. The number of carbonyl (C=O) groups is 1. The Labute approximate surface area is 89.7 Å². The molecule has 1 rings (SSSR count). The third kappa shape index (κ3) is 1.74. The first kappa shape index (κ1) is 10.2. The van der Waals surface area contributed by atoms with E-state index in [-0.39, 0.29) is 5.97 Å². The summed E-state index contributed by atoms with van der Waals surface area (Å²) in [6, 6.07) is 0. The van der Waals surface area contributed by atoms with Crippen LogP contribution in [0.4, 0.5) is 0 Å². The molecule has 1 heterocycles. The van der Waals surface area contributed by atoms with Gasteiger partial charge in [-0.25, -0.2) is 9.78 Å². The van der Waals surface area contributed by atoms with E-state index in [1.807, 2.05) is 22.6 Å². The molecule has 0 bridgehead atoms. The molecule has 0 saturated heterocycles. The van der Waals surface area contributed by atoms with Crippen LogP contribution in [0.2, 0.25) is 0 Å². The van der Waals surface area contributed by atoms with Crippen molar-refractivity contribution in [2.24, 2.45) is 7.05 Å². The van der Waals surface area contributed by atoms with Crippen LogP contribution in [0.5, 0.6) is 0 Å². The standard InChI is InChI=1S/C8H9IN2O2/c1-4-5-10-7(9)6(11(5)2)8(12)13-3/h4H,1H2,2-3H3. The SMILES string of the molecule is C=Cc1nc(I)c(C(=O)OC)n1C. The van der Waals surface area contributed by atoms with Crippen molar-refractivity contribution in [2.75, 3.05) is 7.11 Å². The number of esters is 1. The Bertz CT molecular complexity index is 357. The Morgan fingerprint density at radius 1 is 1.77 bits per heavy atom. The van der Waals surface area contributed by atoms with Crippen molar-refractivity contribution < 1.29 is 9.53 Å². The number of imidazole rings is 1. The summed E-state index contributed by atoms with van der Waals surface area (Å²) in [5.41, 5.74) is 0.456. The molecule has 0 unspecified atom stereocenters. The third-order valence-corrected chi connectivity index (χ3v) is 2.40. The predicted octanol–water partition coefficient (Wildman–Crippen LogP) is 1.45. The number of halogens is 1. The average molecular weight is 292 g/mol. The fourth-order valence-corrected chi connectivity index (χ4v) is 1.81. The average Bonchev–Trinajstić information content (AvgIpc) is 2.40. The molecule has 0 aliphatic heterocycles. The lowest BCUT2D eigenvalue weighted by atomic mass is 10.5. The molecule has 0 spiro atoms. The Morgan fingerprint density at radius 3 is 2.77 bits per heavy atom. The van der Waals surface area contributed by atoms with E-state index in [4.69, 9.17) is 0 Å². The number of ether oxygens (including phenoxy) is 1. The van der Waals surface area contributed by atoms with Crippen LogP contribution >= 0.6 is 22.6 Å². The number of hydrogen-bond donors (Lipinski definition) is 0. The molecule has 0 saturated carbocycles. The maximum atomic E-state index is 11.3. The summed E-state index contributed by atoms with van der Waals surface area (Å²) in [6.45, 7) is 3.59. The molecule has 0 aliphatic rings. The fraction of sp³-hybridized carbons (Fsp3) is 0.250. The largest absolute Gasteiger partial charge is 0.464 e. The summed E-state index contributed by atoms with van der Waals surface area (Å²) in [5, 5.41) is 0. The summed E-state index contributed by atoms with van der Waals surface area (Å²) in [5.74, 6) is 0.275. The molecule has 0 amide bonds. The van der Waals surface area contributed by atoms with Gasteiger partial charge in [-0.3, -0.25) is 0 Å². The van der Waals surface area contributed by atoms with Crippen LogP contribution in [0.1, 0.15) is 16.3 Å². The second kappa shape index (κ2) is 3.91. The first-order valence-electron chi connectivity index (χ1n) is 3.54. The summed E-state index contributed by atoms with van der Waals surface area (Å²) in [6.07, 6.45) is 1.59. The second-order valence-corrected chi connectivity index (χ2v) is 3.39. The highest BCUT2D eigenvalue weighted by atomic mass is 127. The first-order valence-corrected chi connectivity index (χ1v) is 4.62. The lowest BCUT2D eigenvalue weighted by Gasteiger charge is -2.00. The topological polar surface area (TPSA) is 44.1 Å². The maximum absolute atomic E-state index is 11.3. The molecule has 1 aromatic rings. The van der Waals surface area contributed by atoms with Crippen LogP contribution in [-0.2, 0) is 11.8 Å². The summed E-state index contributed by atoms with van der Waals surface area (Å²) in [4.78, 5) is 15.4. The molecule has 0 atom stereocenters. The van der Waals surface area contributed by atoms with E-state index in [1.165, 1.54) is 7.11 Å². The molecular formula is C8H9IN2O2. The zero-order valence-electron chi connectivity index (χ0n) is 7.37. The van der Waals surface area contributed by atoms with Crippen LogP contribution in [-0.4, -0.2) is 22.6 Å². The van der Waals surface area contributed by atoms with Gasteiger partial charge in [0.05, 0.1) is 7.11 Å². The number of rotatable bonds is 2. The van der Waals surface area contributed by atoms with Gasteiger partial charge in [0.1, 0.15) is 9.53 Å². The van der Waals surface area contributed by atoms with Gasteiger partial charge in [0.2, 0.25) is 0 Å². The number of methoxy groups -OCH3 is 1. The lowest BCUT2D eigenvalue weighted by molar-refractivity contribution is 0.0588. The van der Waals surface area contributed by atoms with E-state index in [0.29, 0.717) is 15.2 Å². The first-order chi connectivity index (χ1) is 6.11. The normalized spacial score (nSPS) is 9.77. The van der Waals surface area contributed by atoms with E-state index >= 15 is 0 Å². The number of hydrogen-bond acceptors (Lipinski definition) is 3. The molecule has 0 aromatic carbocycles. The van der Waals surface area contributed by atoms with Crippen LogP contribution < -0.4 is 0 Å². The Balaban J connectivity index is 3.28. The van der Waals surface area contributed by atoms with Crippen LogP contribution in [0.25, 0.3) is 6.08 Å². The van der Waals surface area contributed by atoms with Crippen LogP contribution in [0, 0.1) is 3.70 Å². The van der Waals surface area contributed by atoms with E-state index in [9.17, 15) is 4.79 Å². The number of aromatic nitrogens is 2. The number of carbonyl (C=O) groups excluding carboxylic acids is 1. The van der Waals surface area contributed by atoms with Gasteiger partial charge in [-0.05, 0) is 28.7 Å². The van der Waals surface area contributed by atoms with E-state index in [0.717, 1.165) is 0 Å².